The van der Waals surface area contributed by atoms with Gasteiger partial charge >= 0.3 is 6.09 Å². The number of alkyl halides is 1. The van der Waals surface area contributed by atoms with E-state index in [9.17, 15) is 4.79 Å². The predicted octanol–water partition coefficient (Wildman–Crippen LogP) is 2.31. The van der Waals surface area contributed by atoms with Gasteiger partial charge in [-0.3, -0.25) is 4.90 Å². The van der Waals surface area contributed by atoms with E-state index in [1.54, 1.807) is 0 Å². The Balaban J connectivity index is 1.85. The topological polar surface area (TPSA) is 32.8 Å². The van der Waals surface area contributed by atoms with Crippen molar-refractivity contribution in [2.45, 2.75) is 51.3 Å². The van der Waals surface area contributed by atoms with Crippen LogP contribution in [0.1, 0.15) is 33.6 Å². The summed E-state index contributed by atoms with van der Waals surface area (Å²) in [5, 5.41) is 0. The van der Waals surface area contributed by atoms with E-state index in [-0.39, 0.29) is 6.09 Å². The molecular formula is C13H23ClN2O2. The monoisotopic (exact) mass is 274 g/mol. The average molecular weight is 275 g/mol. The Kier molecular flexibility index (Phi) is 4.07. The maximum atomic E-state index is 12.0. The van der Waals surface area contributed by atoms with Gasteiger partial charge < -0.3 is 9.64 Å². The molecule has 5 heteroatoms. The molecule has 0 aromatic rings. The zero-order valence-electron chi connectivity index (χ0n) is 11.5. The number of amides is 1. The van der Waals surface area contributed by atoms with Gasteiger partial charge in [-0.05, 0) is 40.2 Å². The number of carbonyl (C=O) groups is 1. The van der Waals surface area contributed by atoms with E-state index in [1.807, 2.05) is 25.7 Å². The van der Waals surface area contributed by atoms with Crippen LogP contribution in [0.4, 0.5) is 4.79 Å². The maximum Gasteiger partial charge on any atom is 0.410 e. The minimum Gasteiger partial charge on any atom is -0.444 e. The number of carbonyl (C=O) groups excluding carboxylic acids is 1. The first-order valence-corrected chi connectivity index (χ1v) is 7.24. The van der Waals surface area contributed by atoms with Crippen molar-refractivity contribution in [2.24, 2.45) is 0 Å². The number of halogens is 1. The zero-order chi connectivity index (χ0) is 13.3. The summed E-state index contributed by atoms with van der Waals surface area (Å²) >= 11 is 5.72. The minimum atomic E-state index is -0.406. The quantitative estimate of drug-likeness (QED) is 0.741. The fourth-order valence-corrected chi connectivity index (χ4v) is 2.95. The number of nitrogens with zero attached hydrogens (tertiary/aromatic N) is 2. The van der Waals surface area contributed by atoms with E-state index in [0.29, 0.717) is 18.0 Å². The highest BCUT2D eigenvalue weighted by molar-refractivity contribution is 6.17. The molecule has 2 unspecified atom stereocenters. The number of likely N-dealkylation sites (tertiary alicyclic amines) is 2. The van der Waals surface area contributed by atoms with E-state index in [2.05, 4.69) is 4.90 Å². The van der Waals surface area contributed by atoms with E-state index < -0.39 is 5.60 Å². The molecule has 2 bridgehead atoms. The molecule has 0 saturated carbocycles. The van der Waals surface area contributed by atoms with Crippen LogP contribution in [0, 0.1) is 0 Å². The summed E-state index contributed by atoms with van der Waals surface area (Å²) < 4.78 is 5.44. The molecule has 0 N–H and O–H groups in total. The molecule has 2 heterocycles. The standard InChI is InChI=1S/C13H23ClN2O2/c1-13(2,3)18-12(17)16-9-10-7-11(16)8-15(10)6-4-5-14/h10-11H,4-9H2,1-3H3. The highest BCUT2D eigenvalue weighted by atomic mass is 35.5. The minimum absolute atomic E-state index is 0.160. The third kappa shape index (κ3) is 3.09. The zero-order valence-corrected chi connectivity index (χ0v) is 12.2. The first kappa shape index (κ1) is 13.9. The molecule has 0 aliphatic carbocycles. The smallest absolute Gasteiger partial charge is 0.410 e. The molecule has 2 aliphatic heterocycles. The van der Waals surface area contributed by atoms with Crippen molar-refractivity contribution in [1.82, 2.24) is 9.80 Å². The van der Waals surface area contributed by atoms with Crippen LogP contribution in [0.2, 0.25) is 0 Å². The Morgan fingerprint density at radius 1 is 1.33 bits per heavy atom. The highest BCUT2D eigenvalue weighted by Gasteiger charge is 2.45. The fraction of sp³-hybridized carbons (Fsp3) is 0.923. The Morgan fingerprint density at radius 3 is 2.56 bits per heavy atom. The molecule has 0 aromatic carbocycles. The molecule has 18 heavy (non-hydrogen) atoms. The van der Waals surface area contributed by atoms with Crippen LogP contribution >= 0.6 is 11.6 Å². The van der Waals surface area contributed by atoms with Gasteiger partial charge in [-0.15, -0.1) is 11.6 Å². The fourth-order valence-electron chi connectivity index (χ4n) is 2.83. The Labute approximate surface area is 114 Å². The number of hydrogen-bond donors (Lipinski definition) is 0. The van der Waals surface area contributed by atoms with Crippen LogP contribution in [0.15, 0.2) is 0 Å². The second kappa shape index (κ2) is 5.25. The van der Waals surface area contributed by atoms with Gasteiger partial charge in [0.1, 0.15) is 5.60 Å². The summed E-state index contributed by atoms with van der Waals surface area (Å²) in [6.45, 7) is 8.56. The third-order valence-electron chi connectivity index (χ3n) is 3.56. The lowest BCUT2D eigenvalue weighted by molar-refractivity contribution is 0.0130. The van der Waals surface area contributed by atoms with Crippen molar-refractivity contribution in [2.75, 3.05) is 25.5 Å². The second-order valence-electron chi connectivity index (χ2n) is 6.21. The number of piperazine rings is 1. The van der Waals surface area contributed by atoms with Crippen molar-refractivity contribution in [1.29, 1.82) is 0 Å². The van der Waals surface area contributed by atoms with Gasteiger partial charge in [-0.25, -0.2) is 4.79 Å². The first-order valence-electron chi connectivity index (χ1n) is 6.70. The van der Waals surface area contributed by atoms with Gasteiger partial charge in [0.25, 0.3) is 0 Å². The van der Waals surface area contributed by atoms with Gasteiger partial charge in [0.05, 0.1) is 0 Å². The highest BCUT2D eigenvalue weighted by Crippen LogP contribution is 2.31. The lowest BCUT2D eigenvalue weighted by Crippen LogP contribution is -2.50. The average Bonchev–Trinajstić information content (AvgIpc) is 2.82. The van der Waals surface area contributed by atoms with Gasteiger partial charge in [0.2, 0.25) is 0 Å². The molecule has 2 atom stereocenters. The molecule has 104 valence electrons. The molecule has 0 radical (unpaired) electrons. The van der Waals surface area contributed by atoms with E-state index >= 15 is 0 Å². The van der Waals surface area contributed by atoms with Crippen molar-refractivity contribution in [3.8, 4) is 0 Å². The number of ether oxygens (including phenoxy) is 1. The Morgan fingerprint density at radius 2 is 2.06 bits per heavy atom. The number of fused-ring (bicyclic) bond motifs is 2. The molecule has 2 rings (SSSR count). The van der Waals surface area contributed by atoms with Crippen LogP contribution in [-0.2, 0) is 4.74 Å². The normalized spacial score (nSPS) is 27.9. The molecule has 2 saturated heterocycles. The van der Waals surface area contributed by atoms with Crippen LogP contribution in [-0.4, -0.2) is 59.1 Å². The summed E-state index contributed by atoms with van der Waals surface area (Å²) in [5.41, 5.74) is -0.406. The summed E-state index contributed by atoms with van der Waals surface area (Å²) in [7, 11) is 0. The van der Waals surface area contributed by atoms with Gasteiger partial charge in [0.15, 0.2) is 0 Å². The molecular weight excluding hydrogens is 252 g/mol. The van der Waals surface area contributed by atoms with Crippen molar-refractivity contribution < 1.29 is 9.53 Å². The first-order chi connectivity index (χ1) is 8.40. The molecule has 4 nitrogen and oxygen atoms in total. The lowest BCUT2D eigenvalue weighted by atomic mass is 10.2. The largest absolute Gasteiger partial charge is 0.444 e. The van der Waals surface area contributed by atoms with E-state index in [0.717, 1.165) is 32.5 Å². The summed E-state index contributed by atoms with van der Waals surface area (Å²) in [5.74, 6) is 0.712. The van der Waals surface area contributed by atoms with Crippen molar-refractivity contribution in [3.05, 3.63) is 0 Å². The van der Waals surface area contributed by atoms with E-state index in [1.165, 1.54) is 0 Å². The molecule has 1 amide bonds. The van der Waals surface area contributed by atoms with Crippen LogP contribution < -0.4 is 0 Å². The maximum absolute atomic E-state index is 12.0. The summed E-state index contributed by atoms with van der Waals surface area (Å²) in [6, 6.07) is 0.839. The summed E-state index contributed by atoms with van der Waals surface area (Å²) in [4.78, 5) is 16.4. The third-order valence-corrected chi connectivity index (χ3v) is 3.83. The van der Waals surface area contributed by atoms with Gasteiger partial charge in [-0.2, -0.15) is 0 Å². The van der Waals surface area contributed by atoms with Crippen LogP contribution in [0.3, 0.4) is 0 Å². The molecule has 0 spiro atoms. The molecule has 2 aliphatic rings. The van der Waals surface area contributed by atoms with E-state index in [4.69, 9.17) is 16.3 Å². The number of rotatable bonds is 3. The van der Waals surface area contributed by atoms with Crippen molar-refractivity contribution in [3.63, 3.8) is 0 Å². The lowest BCUT2D eigenvalue weighted by Gasteiger charge is -2.35. The molecule has 2 fully saturated rings. The van der Waals surface area contributed by atoms with Gasteiger partial charge in [0, 0.05) is 31.1 Å². The van der Waals surface area contributed by atoms with Gasteiger partial charge in [-0.1, -0.05) is 0 Å². The SMILES string of the molecule is CC(C)(C)OC(=O)N1CC2CC1CN2CCCCl. The van der Waals surface area contributed by atoms with Crippen LogP contribution in [0.25, 0.3) is 0 Å². The summed E-state index contributed by atoms with van der Waals surface area (Å²) in [6.07, 6.45) is 1.95. The molecule has 0 aromatic heterocycles. The Hall–Kier alpha value is -0.480. The second-order valence-corrected chi connectivity index (χ2v) is 6.59. The number of hydrogen-bond acceptors (Lipinski definition) is 3. The van der Waals surface area contributed by atoms with Crippen LogP contribution in [0.5, 0.6) is 0 Å². The van der Waals surface area contributed by atoms with Crippen molar-refractivity contribution >= 4 is 17.7 Å². The predicted molar refractivity (Wildman–Crippen MR) is 72.0 cm³/mol. The Bertz CT molecular complexity index is 317.